The van der Waals surface area contributed by atoms with E-state index in [1.165, 1.54) is 25.1 Å². The molecule has 2 rings (SSSR count). The Hall–Kier alpha value is -2.91. The molecule has 0 aliphatic heterocycles. The zero-order valence-electron chi connectivity index (χ0n) is 12.7. The van der Waals surface area contributed by atoms with E-state index in [1.54, 1.807) is 6.92 Å². The van der Waals surface area contributed by atoms with Gasteiger partial charge in [0, 0.05) is 17.8 Å². The van der Waals surface area contributed by atoms with Crippen LogP contribution in [0.1, 0.15) is 17.0 Å². The van der Waals surface area contributed by atoms with Crippen LogP contribution in [0.4, 0.5) is 24.5 Å². The zero-order valence-corrected chi connectivity index (χ0v) is 12.7. The molecule has 1 aromatic heterocycles. The van der Waals surface area contributed by atoms with E-state index in [0.29, 0.717) is 10.2 Å². The highest BCUT2D eigenvalue weighted by Gasteiger charge is 2.35. The third kappa shape index (κ3) is 3.89. The van der Waals surface area contributed by atoms with Crippen LogP contribution in [-0.4, -0.2) is 20.6 Å². The maximum Gasteiger partial charge on any atom is 0.433 e. The number of carbonyl (C=O) groups is 1. The van der Waals surface area contributed by atoms with Gasteiger partial charge in [0.1, 0.15) is 12.2 Å². The van der Waals surface area contributed by atoms with Crippen LogP contribution in [0.15, 0.2) is 24.3 Å². The second-order valence-corrected chi connectivity index (χ2v) is 5.13. The Morgan fingerprint density at radius 1 is 1.33 bits per heavy atom. The van der Waals surface area contributed by atoms with E-state index in [0.717, 1.165) is 6.07 Å². The number of benzene rings is 1. The third-order valence-electron chi connectivity index (χ3n) is 3.18. The van der Waals surface area contributed by atoms with Crippen LogP contribution in [0.2, 0.25) is 0 Å². The lowest BCUT2D eigenvalue weighted by atomic mass is 10.2. The fourth-order valence-electron chi connectivity index (χ4n) is 2.12. The van der Waals surface area contributed by atoms with Gasteiger partial charge < -0.3 is 5.32 Å². The Bertz CT molecular complexity index is 799. The molecule has 128 valence electrons. The molecule has 1 heterocycles. The van der Waals surface area contributed by atoms with E-state index < -0.39 is 29.2 Å². The van der Waals surface area contributed by atoms with E-state index in [-0.39, 0.29) is 17.1 Å². The van der Waals surface area contributed by atoms with Crippen molar-refractivity contribution in [2.45, 2.75) is 26.6 Å². The molecule has 0 aliphatic carbocycles. The standard InChI is InChI=1S/C14H13F3N4O3/c1-8-5-10(21(23)24)3-4-11(8)18-13(22)7-20-12(14(15,16)17)6-9(2)19-20/h3-6H,7H2,1-2H3,(H,18,22). The molecule has 24 heavy (non-hydrogen) atoms. The number of anilines is 1. The SMILES string of the molecule is Cc1cc(C(F)(F)F)n(CC(=O)Nc2ccc([N+](=O)[O-])cc2C)n1. The highest BCUT2D eigenvalue weighted by atomic mass is 19.4. The molecule has 0 atom stereocenters. The summed E-state index contributed by atoms with van der Waals surface area (Å²) in [6, 6.07) is 4.63. The normalized spacial score (nSPS) is 11.4. The van der Waals surface area contributed by atoms with Crippen LogP contribution in [0, 0.1) is 24.0 Å². The summed E-state index contributed by atoms with van der Waals surface area (Å²) in [7, 11) is 0. The van der Waals surface area contributed by atoms with Gasteiger partial charge in [0.15, 0.2) is 0 Å². The second-order valence-electron chi connectivity index (χ2n) is 5.13. The van der Waals surface area contributed by atoms with Crippen molar-refractivity contribution in [2.24, 2.45) is 0 Å². The van der Waals surface area contributed by atoms with Crippen LogP contribution in [-0.2, 0) is 17.5 Å². The Balaban J connectivity index is 2.16. The van der Waals surface area contributed by atoms with Crippen molar-refractivity contribution in [1.29, 1.82) is 0 Å². The van der Waals surface area contributed by atoms with Gasteiger partial charge in [-0.05, 0) is 31.5 Å². The average molecular weight is 342 g/mol. The Kier molecular flexibility index (Phi) is 4.58. The number of carbonyl (C=O) groups excluding carboxylic acids is 1. The van der Waals surface area contributed by atoms with Gasteiger partial charge in [0.25, 0.3) is 5.69 Å². The second kappa shape index (κ2) is 6.30. The number of hydrogen-bond acceptors (Lipinski definition) is 4. The smallest absolute Gasteiger partial charge is 0.324 e. The number of nitrogens with one attached hydrogen (secondary N) is 1. The van der Waals surface area contributed by atoms with Crippen LogP contribution in [0.25, 0.3) is 0 Å². The molecule has 0 aliphatic rings. The number of rotatable bonds is 4. The van der Waals surface area contributed by atoms with Crippen LogP contribution < -0.4 is 5.32 Å². The van der Waals surface area contributed by atoms with Crippen molar-refractivity contribution >= 4 is 17.3 Å². The van der Waals surface area contributed by atoms with Crippen molar-refractivity contribution in [2.75, 3.05) is 5.32 Å². The quantitative estimate of drug-likeness (QED) is 0.683. The summed E-state index contributed by atoms with van der Waals surface area (Å²) in [5, 5.41) is 16.7. The molecule has 10 heteroatoms. The van der Waals surface area contributed by atoms with Gasteiger partial charge in [0.2, 0.25) is 5.91 Å². The lowest BCUT2D eigenvalue weighted by Gasteiger charge is -2.11. The van der Waals surface area contributed by atoms with E-state index in [9.17, 15) is 28.1 Å². The van der Waals surface area contributed by atoms with Gasteiger partial charge in [-0.15, -0.1) is 0 Å². The molecule has 7 nitrogen and oxygen atoms in total. The molecule has 1 amide bonds. The largest absolute Gasteiger partial charge is 0.433 e. The molecule has 1 aromatic carbocycles. The van der Waals surface area contributed by atoms with Crippen LogP contribution in [0.5, 0.6) is 0 Å². The number of aryl methyl sites for hydroxylation is 2. The number of nitrogens with zero attached hydrogens (tertiary/aromatic N) is 3. The Morgan fingerprint density at radius 3 is 2.54 bits per heavy atom. The number of aromatic nitrogens is 2. The number of amides is 1. The van der Waals surface area contributed by atoms with E-state index in [1.807, 2.05) is 0 Å². The van der Waals surface area contributed by atoms with Gasteiger partial charge >= 0.3 is 6.18 Å². The average Bonchev–Trinajstić information content (AvgIpc) is 2.81. The molecule has 0 saturated heterocycles. The number of halogens is 3. The van der Waals surface area contributed by atoms with Crippen molar-refractivity contribution in [3.05, 3.63) is 51.3 Å². The number of nitro benzene ring substituents is 1. The van der Waals surface area contributed by atoms with Crippen molar-refractivity contribution < 1.29 is 22.9 Å². The third-order valence-corrected chi connectivity index (χ3v) is 3.18. The number of alkyl halides is 3. The fraction of sp³-hybridized carbons (Fsp3) is 0.286. The summed E-state index contributed by atoms with van der Waals surface area (Å²) in [4.78, 5) is 22.0. The molecule has 1 N–H and O–H groups in total. The lowest BCUT2D eigenvalue weighted by molar-refractivity contribution is -0.384. The molecule has 2 aromatic rings. The topological polar surface area (TPSA) is 90.1 Å². The number of hydrogen-bond donors (Lipinski definition) is 1. The summed E-state index contributed by atoms with van der Waals surface area (Å²) in [5.74, 6) is -0.722. The van der Waals surface area contributed by atoms with Gasteiger partial charge in [-0.1, -0.05) is 0 Å². The molecule has 0 saturated carbocycles. The summed E-state index contributed by atoms with van der Waals surface area (Å²) in [6.07, 6.45) is -4.62. The first-order chi connectivity index (χ1) is 11.1. The first-order valence-electron chi connectivity index (χ1n) is 6.74. The number of non-ortho nitro benzene ring substituents is 1. The summed E-state index contributed by atoms with van der Waals surface area (Å²) in [6.45, 7) is 2.31. The zero-order chi connectivity index (χ0) is 18.1. The molecule has 0 radical (unpaired) electrons. The lowest BCUT2D eigenvalue weighted by Crippen LogP contribution is -2.24. The van der Waals surface area contributed by atoms with E-state index in [4.69, 9.17) is 0 Å². The summed E-state index contributed by atoms with van der Waals surface area (Å²) in [5.41, 5.74) is -0.321. The van der Waals surface area contributed by atoms with Gasteiger partial charge in [-0.3, -0.25) is 19.6 Å². The van der Waals surface area contributed by atoms with Crippen molar-refractivity contribution in [1.82, 2.24) is 9.78 Å². The van der Waals surface area contributed by atoms with Crippen LogP contribution in [0.3, 0.4) is 0 Å². The van der Waals surface area contributed by atoms with Gasteiger partial charge in [-0.2, -0.15) is 18.3 Å². The predicted molar refractivity (Wildman–Crippen MR) is 78.4 cm³/mol. The number of nitro groups is 1. The molecule has 0 unspecified atom stereocenters. The fourth-order valence-corrected chi connectivity index (χ4v) is 2.12. The van der Waals surface area contributed by atoms with Gasteiger partial charge in [0.05, 0.1) is 10.6 Å². The first-order valence-corrected chi connectivity index (χ1v) is 6.74. The maximum absolute atomic E-state index is 12.9. The highest BCUT2D eigenvalue weighted by molar-refractivity contribution is 5.91. The first kappa shape index (κ1) is 17.4. The van der Waals surface area contributed by atoms with E-state index >= 15 is 0 Å². The van der Waals surface area contributed by atoms with Crippen molar-refractivity contribution in [3.8, 4) is 0 Å². The minimum Gasteiger partial charge on any atom is -0.324 e. The minimum atomic E-state index is -4.62. The highest BCUT2D eigenvalue weighted by Crippen LogP contribution is 2.29. The molecule has 0 spiro atoms. The molecule has 0 bridgehead atoms. The summed E-state index contributed by atoms with van der Waals surface area (Å²) >= 11 is 0. The molecular formula is C14H13F3N4O3. The Morgan fingerprint density at radius 2 is 2.00 bits per heavy atom. The van der Waals surface area contributed by atoms with Crippen LogP contribution >= 0.6 is 0 Å². The van der Waals surface area contributed by atoms with Gasteiger partial charge in [-0.25, -0.2) is 0 Å². The molecular weight excluding hydrogens is 329 g/mol. The van der Waals surface area contributed by atoms with Crippen molar-refractivity contribution in [3.63, 3.8) is 0 Å². The predicted octanol–water partition coefficient (Wildman–Crippen LogP) is 3.07. The monoisotopic (exact) mass is 342 g/mol. The van der Waals surface area contributed by atoms with E-state index in [2.05, 4.69) is 10.4 Å². The Labute approximate surface area is 134 Å². The maximum atomic E-state index is 12.9. The molecule has 0 fully saturated rings. The summed E-state index contributed by atoms with van der Waals surface area (Å²) < 4.78 is 39.2. The minimum absolute atomic E-state index is 0.140.